The molecule has 1 fully saturated rings. The molecule has 184 valence electrons. The van der Waals surface area contributed by atoms with E-state index in [0.29, 0.717) is 49.2 Å². The first kappa shape index (κ1) is 23.5. The average Bonchev–Trinajstić information content (AvgIpc) is 2.85. The van der Waals surface area contributed by atoms with E-state index in [0.717, 1.165) is 24.1 Å². The van der Waals surface area contributed by atoms with Crippen molar-refractivity contribution in [2.45, 2.75) is 38.3 Å². The molecule has 35 heavy (non-hydrogen) atoms. The highest BCUT2D eigenvalue weighted by atomic mass is 32.2. The van der Waals surface area contributed by atoms with Gasteiger partial charge in [0.2, 0.25) is 5.95 Å². The molecule has 3 aromatic heterocycles. The van der Waals surface area contributed by atoms with Gasteiger partial charge in [-0.15, -0.1) is 0 Å². The van der Waals surface area contributed by atoms with E-state index < -0.39 is 16.7 Å². The first-order chi connectivity index (χ1) is 17.0. The number of thiol groups is 1. The summed E-state index contributed by atoms with van der Waals surface area (Å²) < 4.78 is 36.4. The molecule has 10 nitrogen and oxygen atoms in total. The predicted molar refractivity (Wildman–Crippen MR) is 130 cm³/mol. The molecule has 5 heterocycles. The normalized spacial score (nSPS) is 19.1. The molecule has 0 aromatic carbocycles. The van der Waals surface area contributed by atoms with Crippen LogP contribution in [-0.2, 0) is 17.1 Å². The molecular formula is C23H27FN8O2S. The molecule has 2 aliphatic heterocycles. The number of nitrogens with one attached hydrogen (secondary N) is 1. The Hall–Kier alpha value is -3.25. The lowest BCUT2D eigenvalue weighted by Crippen LogP contribution is -2.40. The Morgan fingerprint density at radius 3 is 2.57 bits per heavy atom. The van der Waals surface area contributed by atoms with E-state index in [4.69, 9.17) is 0 Å². The van der Waals surface area contributed by atoms with Crippen LogP contribution in [0.2, 0.25) is 0 Å². The lowest BCUT2D eigenvalue weighted by molar-refractivity contribution is 0.250. The summed E-state index contributed by atoms with van der Waals surface area (Å²) in [6.07, 6.45) is 7.38. The van der Waals surface area contributed by atoms with Crippen molar-refractivity contribution in [3.8, 4) is 11.6 Å². The summed E-state index contributed by atoms with van der Waals surface area (Å²) >= 11 is 0. The molecule has 2 aliphatic rings. The Labute approximate surface area is 204 Å². The van der Waals surface area contributed by atoms with Gasteiger partial charge in [0.25, 0.3) is 0 Å². The van der Waals surface area contributed by atoms with E-state index in [2.05, 4.69) is 35.1 Å². The number of likely N-dealkylation sites (tertiary alicyclic amines) is 1. The number of hydrogen-bond acceptors (Lipinski definition) is 10. The number of fused-ring (bicyclic) bond motifs is 1. The first-order valence-electron chi connectivity index (χ1n) is 11.6. The second kappa shape index (κ2) is 10.2. The van der Waals surface area contributed by atoms with Crippen LogP contribution >= 0.6 is 0 Å². The summed E-state index contributed by atoms with van der Waals surface area (Å²) in [6, 6.07) is 5.10. The van der Waals surface area contributed by atoms with Crippen molar-refractivity contribution in [3.05, 3.63) is 54.0 Å². The largest absolute Gasteiger partial charge is 0.382 e. The summed E-state index contributed by atoms with van der Waals surface area (Å²) in [7, 11) is -2.41. The number of nitrogens with zero attached hydrogens (tertiary/aromatic N) is 7. The van der Waals surface area contributed by atoms with E-state index in [1.807, 2.05) is 17.9 Å². The van der Waals surface area contributed by atoms with Gasteiger partial charge in [-0.3, -0.25) is 4.90 Å². The van der Waals surface area contributed by atoms with Crippen molar-refractivity contribution in [1.82, 2.24) is 29.8 Å². The van der Waals surface area contributed by atoms with Gasteiger partial charge in [0.1, 0.15) is 5.82 Å². The van der Waals surface area contributed by atoms with Gasteiger partial charge in [0.05, 0.1) is 17.6 Å². The minimum absolute atomic E-state index is 0.0797. The predicted octanol–water partition coefficient (Wildman–Crippen LogP) is 2.04. The number of hydrogen-bond donors (Lipinski definition) is 2. The maximum Gasteiger partial charge on any atom is 0.216 e. The molecule has 0 saturated carbocycles. The lowest BCUT2D eigenvalue weighted by Gasteiger charge is -2.36. The maximum atomic E-state index is 14.5. The molecule has 0 aliphatic carbocycles. The van der Waals surface area contributed by atoms with Gasteiger partial charge in [-0.25, -0.2) is 33.3 Å². The molecule has 0 radical (unpaired) electrons. The summed E-state index contributed by atoms with van der Waals surface area (Å²) in [5.74, 6) is 1.08. The van der Waals surface area contributed by atoms with Gasteiger partial charge < -0.3 is 10.2 Å². The van der Waals surface area contributed by atoms with Crippen LogP contribution in [0.1, 0.15) is 37.1 Å². The zero-order valence-electron chi connectivity index (χ0n) is 19.3. The minimum atomic E-state index is -2.41. The third-order valence-corrected chi connectivity index (χ3v) is 7.15. The Kier molecular flexibility index (Phi) is 6.82. The van der Waals surface area contributed by atoms with Crippen molar-refractivity contribution in [2.24, 2.45) is 0 Å². The fourth-order valence-corrected chi connectivity index (χ4v) is 5.34. The van der Waals surface area contributed by atoms with E-state index in [1.54, 1.807) is 24.7 Å². The second-order valence-electron chi connectivity index (χ2n) is 8.83. The van der Waals surface area contributed by atoms with Crippen molar-refractivity contribution in [1.29, 1.82) is 0 Å². The monoisotopic (exact) mass is 498 g/mol. The number of rotatable bonds is 6. The lowest BCUT2D eigenvalue weighted by atomic mass is 9.99. The smallest absolute Gasteiger partial charge is 0.216 e. The zero-order valence-corrected chi connectivity index (χ0v) is 20.2. The number of aromatic nitrogens is 5. The Balaban J connectivity index is 1.30. The van der Waals surface area contributed by atoms with Gasteiger partial charge in [-0.2, -0.15) is 4.39 Å². The number of piperidine rings is 1. The van der Waals surface area contributed by atoms with E-state index in [1.165, 1.54) is 6.07 Å². The van der Waals surface area contributed by atoms with Gasteiger partial charge in [0.15, 0.2) is 22.4 Å². The molecule has 5 rings (SSSR count). The van der Waals surface area contributed by atoms with Crippen LogP contribution < -0.4 is 10.2 Å². The maximum absolute atomic E-state index is 14.5. The van der Waals surface area contributed by atoms with Crippen LogP contribution in [0.4, 0.5) is 15.9 Å². The molecule has 1 saturated heterocycles. The molecule has 0 amide bonds. The summed E-state index contributed by atoms with van der Waals surface area (Å²) in [4.78, 5) is 25.8. The SMILES string of the molecule is CC1c2cnc(-c3ncccn3)nc2CCN1c1cc(NC2CCN(C[SH](=O)=O)CC2)cc(F)n1. The summed E-state index contributed by atoms with van der Waals surface area (Å²) in [6.45, 7) is 4.06. The second-order valence-corrected chi connectivity index (χ2v) is 9.78. The van der Waals surface area contributed by atoms with E-state index in [-0.39, 0.29) is 18.0 Å². The van der Waals surface area contributed by atoms with Crippen LogP contribution in [0, 0.1) is 5.95 Å². The van der Waals surface area contributed by atoms with E-state index in [9.17, 15) is 12.8 Å². The average molecular weight is 499 g/mol. The molecule has 12 heteroatoms. The fraction of sp³-hybridized carbons (Fsp3) is 0.435. The number of halogens is 1. The fourth-order valence-electron chi connectivity index (χ4n) is 4.73. The van der Waals surface area contributed by atoms with Crippen molar-refractivity contribution < 1.29 is 12.8 Å². The summed E-state index contributed by atoms with van der Waals surface area (Å²) in [5, 5.41) is 3.41. The Morgan fingerprint density at radius 1 is 1.06 bits per heavy atom. The highest BCUT2D eigenvalue weighted by molar-refractivity contribution is 7.72. The van der Waals surface area contributed by atoms with Crippen LogP contribution in [0.25, 0.3) is 11.6 Å². The highest BCUT2D eigenvalue weighted by Gasteiger charge is 2.28. The quantitative estimate of drug-likeness (QED) is 0.386. The number of anilines is 2. The van der Waals surface area contributed by atoms with Crippen LogP contribution in [0.5, 0.6) is 0 Å². The van der Waals surface area contributed by atoms with Gasteiger partial charge in [0, 0.05) is 74.1 Å². The molecule has 3 aromatic rings. The van der Waals surface area contributed by atoms with Crippen molar-refractivity contribution in [3.63, 3.8) is 0 Å². The molecule has 1 N–H and O–H groups in total. The van der Waals surface area contributed by atoms with Crippen LogP contribution in [-0.4, -0.2) is 69.8 Å². The van der Waals surface area contributed by atoms with Crippen LogP contribution in [0.3, 0.4) is 0 Å². The van der Waals surface area contributed by atoms with E-state index >= 15 is 0 Å². The topological polar surface area (TPSA) is 117 Å². The highest BCUT2D eigenvalue weighted by Crippen LogP contribution is 2.33. The molecule has 1 unspecified atom stereocenters. The minimum Gasteiger partial charge on any atom is -0.382 e. The van der Waals surface area contributed by atoms with Crippen molar-refractivity contribution in [2.75, 3.05) is 35.7 Å². The molecule has 0 bridgehead atoms. The van der Waals surface area contributed by atoms with Crippen LogP contribution in [0.15, 0.2) is 36.8 Å². The molecule has 1 atom stereocenters. The zero-order chi connectivity index (χ0) is 24.4. The third-order valence-electron chi connectivity index (χ3n) is 6.52. The van der Waals surface area contributed by atoms with Gasteiger partial charge >= 0.3 is 0 Å². The molecular weight excluding hydrogens is 471 g/mol. The third kappa shape index (κ3) is 5.38. The van der Waals surface area contributed by atoms with Crippen molar-refractivity contribution >= 4 is 22.2 Å². The molecule has 0 spiro atoms. The van der Waals surface area contributed by atoms with Gasteiger partial charge in [-0.1, -0.05) is 0 Å². The first-order valence-corrected chi connectivity index (χ1v) is 13.0. The standard InChI is InChI=1S/C23H27FN8O2S/c1-15-18-13-27-23(22-25-6-2-7-26-22)29-19(18)5-10-32(15)21-12-17(11-20(24)30-21)28-16-3-8-31(9-4-16)14-35(33)34/h2,6-7,11-13,15-16,35H,3-5,8-10,14H2,1H3,(H,28,30). The Bertz CT molecular complexity index is 1260. The van der Waals surface area contributed by atoms with Gasteiger partial charge in [-0.05, 0) is 25.8 Å². The number of pyridine rings is 1. The summed E-state index contributed by atoms with van der Waals surface area (Å²) in [5.41, 5.74) is 2.58. The Morgan fingerprint density at radius 2 is 1.83 bits per heavy atom.